The van der Waals surface area contributed by atoms with Gasteiger partial charge in [-0.25, -0.2) is 0 Å². The smallest absolute Gasteiger partial charge is 0.270 e. The summed E-state index contributed by atoms with van der Waals surface area (Å²) in [5.74, 6) is 0.343. The zero-order valence-corrected chi connectivity index (χ0v) is 10.5. The molecule has 7 heteroatoms. The largest absolute Gasteiger partial charge is 0.385 e. The van der Waals surface area contributed by atoms with Gasteiger partial charge in [0.05, 0.1) is 4.92 Å². The number of rotatable bonds is 4. The van der Waals surface area contributed by atoms with Gasteiger partial charge in [0.1, 0.15) is 6.10 Å². The van der Waals surface area contributed by atoms with E-state index in [4.69, 9.17) is 4.52 Å². The fourth-order valence-corrected chi connectivity index (χ4v) is 1.66. The lowest BCUT2D eigenvalue weighted by molar-refractivity contribution is -0.384. The molecule has 1 heterocycles. The molecule has 1 atom stereocenters. The number of non-ortho nitro benzene ring substituents is 1. The Labute approximate surface area is 109 Å². The van der Waals surface area contributed by atoms with Gasteiger partial charge in [-0.1, -0.05) is 12.1 Å². The number of aliphatic hydroxyl groups excluding tert-OH is 1. The summed E-state index contributed by atoms with van der Waals surface area (Å²) in [5.41, 5.74) is 1.15. The molecule has 1 N–H and O–H groups in total. The summed E-state index contributed by atoms with van der Waals surface area (Å²) in [4.78, 5) is 14.4. The van der Waals surface area contributed by atoms with Crippen molar-refractivity contribution in [2.75, 3.05) is 0 Å². The predicted octanol–water partition coefficient (Wildman–Crippen LogP) is 2.40. The van der Waals surface area contributed by atoms with E-state index in [1.807, 2.05) is 0 Å². The molecule has 1 aromatic heterocycles. The molecule has 1 unspecified atom stereocenters. The zero-order chi connectivity index (χ0) is 14.0. The van der Waals surface area contributed by atoms with E-state index < -0.39 is 11.0 Å². The molecule has 0 aliphatic heterocycles. The van der Waals surface area contributed by atoms with E-state index in [0.717, 1.165) is 5.56 Å². The lowest BCUT2D eigenvalue weighted by Crippen LogP contribution is -1.97. The van der Waals surface area contributed by atoms with Crippen LogP contribution in [0.3, 0.4) is 0 Å². The summed E-state index contributed by atoms with van der Waals surface area (Å²) in [6.07, 6.45) is -0.329. The van der Waals surface area contributed by atoms with Gasteiger partial charge < -0.3 is 9.63 Å². The van der Waals surface area contributed by atoms with Crippen molar-refractivity contribution in [2.24, 2.45) is 0 Å². The zero-order valence-electron chi connectivity index (χ0n) is 10.5. The maximum atomic E-state index is 10.8. The first-order valence-electron chi connectivity index (χ1n) is 5.79. The van der Waals surface area contributed by atoms with Crippen LogP contribution in [-0.4, -0.2) is 20.2 Å². The van der Waals surface area contributed by atoms with Crippen LogP contribution in [0.1, 0.15) is 30.8 Å². The summed E-state index contributed by atoms with van der Waals surface area (Å²) >= 11 is 0. The third-order valence-corrected chi connectivity index (χ3v) is 2.65. The van der Waals surface area contributed by atoms with Crippen molar-refractivity contribution in [3.63, 3.8) is 0 Å². The number of benzene rings is 1. The van der Waals surface area contributed by atoms with Crippen LogP contribution in [0.4, 0.5) is 5.69 Å². The van der Waals surface area contributed by atoms with Gasteiger partial charge in [0.2, 0.25) is 5.82 Å². The van der Waals surface area contributed by atoms with Crippen LogP contribution in [0.5, 0.6) is 0 Å². The maximum Gasteiger partial charge on any atom is 0.270 e. The first kappa shape index (κ1) is 13.2. The van der Waals surface area contributed by atoms with Crippen molar-refractivity contribution in [1.82, 2.24) is 10.1 Å². The minimum absolute atomic E-state index is 0.0363. The second kappa shape index (κ2) is 5.15. The molecule has 0 aliphatic carbocycles. The molecule has 0 radical (unpaired) electrons. The standard InChI is InChI=1S/C12H13N3O4/c1-3-10(16)11-13-12(19-14-11)8-4-7(2)5-9(6-8)15(17)18/h4-6,10,16H,3H2,1-2H3. The van der Waals surface area contributed by atoms with Crippen molar-refractivity contribution in [2.45, 2.75) is 26.4 Å². The molecule has 2 rings (SSSR count). The first-order chi connectivity index (χ1) is 9.01. The number of aryl methyl sites for hydroxylation is 1. The van der Waals surface area contributed by atoms with Crippen LogP contribution in [0, 0.1) is 17.0 Å². The van der Waals surface area contributed by atoms with E-state index in [1.54, 1.807) is 19.9 Å². The fourth-order valence-electron chi connectivity index (χ4n) is 1.66. The molecule has 0 aliphatic rings. The van der Waals surface area contributed by atoms with Crippen LogP contribution >= 0.6 is 0 Å². The molecule has 0 saturated heterocycles. The Morgan fingerprint density at radius 3 is 2.84 bits per heavy atom. The molecular weight excluding hydrogens is 250 g/mol. The van der Waals surface area contributed by atoms with Gasteiger partial charge in [0, 0.05) is 17.7 Å². The van der Waals surface area contributed by atoms with Crippen molar-refractivity contribution in [3.8, 4) is 11.5 Å². The molecule has 0 bridgehead atoms. The number of hydrogen-bond acceptors (Lipinski definition) is 6. The highest BCUT2D eigenvalue weighted by Crippen LogP contribution is 2.25. The Kier molecular flexibility index (Phi) is 3.57. The monoisotopic (exact) mass is 263 g/mol. The lowest BCUT2D eigenvalue weighted by Gasteiger charge is -1.99. The Morgan fingerprint density at radius 1 is 1.47 bits per heavy atom. The van der Waals surface area contributed by atoms with Gasteiger partial charge in [-0.3, -0.25) is 10.1 Å². The minimum atomic E-state index is -0.794. The van der Waals surface area contributed by atoms with Crippen molar-refractivity contribution in [3.05, 3.63) is 39.7 Å². The van der Waals surface area contributed by atoms with Gasteiger partial charge >= 0.3 is 0 Å². The number of nitrogens with zero attached hydrogens (tertiary/aromatic N) is 3. The summed E-state index contributed by atoms with van der Waals surface area (Å²) in [6.45, 7) is 3.53. The highest BCUT2D eigenvalue weighted by molar-refractivity contribution is 5.59. The second-order valence-corrected chi connectivity index (χ2v) is 4.20. The third kappa shape index (κ3) is 2.76. The quantitative estimate of drug-likeness (QED) is 0.671. The van der Waals surface area contributed by atoms with Crippen molar-refractivity contribution in [1.29, 1.82) is 0 Å². The van der Waals surface area contributed by atoms with E-state index in [-0.39, 0.29) is 17.4 Å². The van der Waals surface area contributed by atoms with Crippen LogP contribution in [-0.2, 0) is 0 Å². The fraction of sp³-hybridized carbons (Fsp3) is 0.333. The average molecular weight is 263 g/mol. The number of nitro groups is 1. The highest BCUT2D eigenvalue weighted by Gasteiger charge is 2.17. The van der Waals surface area contributed by atoms with E-state index in [9.17, 15) is 15.2 Å². The minimum Gasteiger partial charge on any atom is -0.385 e. The molecular formula is C12H13N3O4. The number of nitro benzene ring substituents is 1. The topological polar surface area (TPSA) is 102 Å². The summed E-state index contributed by atoms with van der Waals surface area (Å²) in [6, 6.07) is 4.53. The first-order valence-corrected chi connectivity index (χ1v) is 5.79. The van der Waals surface area contributed by atoms with Crippen LogP contribution < -0.4 is 0 Å². The lowest BCUT2D eigenvalue weighted by atomic mass is 10.1. The maximum absolute atomic E-state index is 10.8. The van der Waals surface area contributed by atoms with Crippen molar-refractivity contribution < 1.29 is 14.6 Å². The molecule has 7 nitrogen and oxygen atoms in total. The summed E-state index contributed by atoms with van der Waals surface area (Å²) in [5, 5.41) is 24.1. The predicted molar refractivity (Wildman–Crippen MR) is 66.4 cm³/mol. The molecule has 19 heavy (non-hydrogen) atoms. The van der Waals surface area contributed by atoms with Crippen molar-refractivity contribution >= 4 is 5.69 Å². The SMILES string of the molecule is CCC(O)c1noc(-c2cc(C)cc([N+](=O)[O-])c2)n1. The van der Waals surface area contributed by atoms with E-state index in [0.29, 0.717) is 12.0 Å². The van der Waals surface area contributed by atoms with Gasteiger partial charge in [0.25, 0.3) is 11.6 Å². The highest BCUT2D eigenvalue weighted by atomic mass is 16.6. The number of aliphatic hydroxyl groups is 1. The van der Waals surface area contributed by atoms with Crippen LogP contribution in [0.2, 0.25) is 0 Å². The second-order valence-electron chi connectivity index (χ2n) is 4.20. The summed E-state index contributed by atoms with van der Waals surface area (Å²) in [7, 11) is 0. The Balaban J connectivity index is 2.41. The molecule has 0 saturated carbocycles. The molecule has 0 spiro atoms. The van der Waals surface area contributed by atoms with Gasteiger partial charge in [-0.05, 0) is 25.0 Å². The average Bonchev–Trinajstić information content (AvgIpc) is 2.86. The third-order valence-electron chi connectivity index (χ3n) is 2.65. The summed E-state index contributed by atoms with van der Waals surface area (Å²) < 4.78 is 5.02. The van der Waals surface area contributed by atoms with Gasteiger partial charge in [0.15, 0.2) is 0 Å². The van der Waals surface area contributed by atoms with Gasteiger partial charge in [-0.15, -0.1) is 0 Å². The molecule has 2 aromatic rings. The Hall–Kier alpha value is -2.28. The van der Waals surface area contributed by atoms with E-state index in [1.165, 1.54) is 12.1 Å². The number of aromatic nitrogens is 2. The molecule has 0 amide bonds. The van der Waals surface area contributed by atoms with Crippen LogP contribution in [0.15, 0.2) is 22.7 Å². The molecule has 100 valence electrons. The van der Waals surface area contributed by atoms with Gasteiger partial charge in [-0.2, -0.15) is 4.98 Å². The molecule has 1 aromatic carbocycles. The van der Waals surface area contributed by atoms with E-state index in [2.05, 4.69) is 10.1 Å². The normalized spacial score (nSPS) is 12.4. The number of hydrogen-bond donors (Lipinski definition) is 1. The molecule has 0 fully saturated rings. The Bertz CT molecular complexity index is 609. The Morgan fingerprint density at radius 2 is 2.21 bits per heavy atom. The van der Waals surface area contributed by atoms with Crippen LogP contribution in [0.25, 0.3) is 11.5 Å². The van der Waals surface area contributed by atoms with E-state index >= 15 is 0 Å².